The van der Waals surface area contributed by atoms with Crippen molar-refractivity contribution in [2.24, 2.45) is 0 Å². The number of hydrogen-bond acceptors (Lipinski definition) is 3. The Hall–Kier alpha value is -1.88. The van der Waals surface area contributed by atoms with Gasteiger partial charge in [0.1, 0.15) is 5.76 Å². The van der Waals surface area contributed by atoms with Gasteiger partial charge in [-0.05, 0) is 24.1 Å². The quantitative estimate of drug-likeness (QED) is 0.737. The van der Waals surface area contributed by atoms with Gasteiger partial charge in [0.15, 0.2) is 0 Å². The summed E-state index contributed by atoms with van der Waals surface area (Å²) in [6.07, 6.45) is 2.52. The van der Waals surface area contributed by atoms with Crippen molar-refractivity contribution in [3.05, 3.63) is 60.1 Å². The molecule has 0 saturated carbocycles. The second-order valence-corrected chi connectivity index (χ2v) is 5.66. The van der Waals surface area contributed by atoms with Crippen molar-refractivity contribution < 1.29 is 9.21 Å². The van der Waals surface area contributed by atoms with Gasteiger partial charge in [-0.1, -0.05) is 30.3 Å². The normalized spacial score (nSPS) is 10.3. The molecule has 0 spiro atoms. The Morgan fingerprint density at radius 2 is 1.86 bits per heavy atom. The lowest BCUT2D eigenvalue weighted by atomic mass is 10.1. The molecule has 0 aliphatic rings. The molecule has 0 atom stereocenters. The smallest absolute Gasteiger partial charge is 0.314 e. The molecule has 1 heterocycles. The lowest BCUT2D eigenvalue weighted by Crippen LogP contribution is -2.37. The van der Waals surface area contributed by atoms with E-state index in [2.05, 4.69) is 22.8 Å². The Labute approximate surface area is 129 Å². The second-order valence-electron chi connectivity index (χ2n) is 4.55. The van der Waals surface area contributed by atoms with Crippen molar-refractivity contribution >= 4 is 17.8 Å². The molecule has 0 radical (unpaired) electrons. The highest BCUT2D eigenvalue weighted by Crippen LogP contribution is 2.11. The first kappa shape index (κ1) is 15.5. The summed E-state index contributed by atoms with van der Waals surface area (Å²) in [6, 6.07) is 13.9. The van der Waals surface area contributed by atoms with Crippen LogP contribution in [0.25, 0.3) is 0 Å². The molecule has 0 aliphatic carbocycles. The average molecular weight is 304 g/mol. The van der Waals surface area contributed by atoms with Crippen LogP contribution in [-0.2, 0) is 12.2 Å². The van der Waals surface area contributed by atoms with Crippen LogP contribution in [0.4, 0.5) is 4.79 Å². The van der Waals surface area contributed by atoms with Gasteiger partial charge in [0.25, 0.3) is 0 Å². The fraction of sp³-hybridized carbons (Fsp3) is 0.312. The number of nitrogens with one attached hydrogen (secondary N) is 2. The molecule has 0 fully saturated rings. The highest BCUT2D eigenvalue weighted by Gasteiger charge is 2.00. The Balaban J connectivity index is 1.48. The summed E-state index contributed by atoms with van der Waals surface area (Å²) in [7, 11) is 0. The van der Waals surface area contributed by atoms with Crippen molar-refractivity contribution in [3.8, 4) is 0 Å². The van der Waals surface area contributed by atoms with Gasteiger partial charge in [0.2, 0.25) is 0 Å². The Morgan fingerprint density at radius 3 is 2.62 bits per heavy atom. The minimum atomic E-state index is -0.107. The predicted octanol–water partition coefficient (Wildman–Crippen LogP) is 3.05. The minimum absolute atomic E-state index is 0.107. The number of amides is 2. The molecule has 0 bridgehead atoms. The van der Waals surface area contributed by atoms with Gasteiger partial charge >= 0.3 is 6.03 Å². The third kappa shape index (κ3) is 6.40. The van der Waals surface area contributed by atoms with Crippen LogP contribution in [0, 0.1) is 0 Å². The second kappa shape index (κ2) is 9.13. The molecule has 1 aromatic carbocycles. The molecule has 0 aliphatic heterocycles. The number of carbonyl (C=O) groups excluding carboxylic acids is 1. The fourth-order valence-electron chi connectivity index (χ4n) is 1.83. The Bertz CT molecular complexity index is 514. The molecule has 2 N–H and O–H groups in total. The number of furan rings is 1. The zero-order valence-corrected chi connectivity index (χ0v) is 12.7. The van der Waals surface area contributed by atoms with Crippen molar-refractivity contribution in [1.82, 2.24) is 10.6 Å². The molecule has 0 saturated heterocycles. The molecule has 112 valence electrons. The number of carbonyl (C=O) groups is 1. The standard InChI is InChI=1S/C16H20N2O2S/c19-16(17-9-8-14-5-2-1-3-6-14)18-10-12-21-13-15-7-4-11-20-15/h1-7,11H,8-10,12-13H2,(H2,17,18,19). The van der Waals surface area contributed by atoms with Gasteiger partial charge in [-0.2, -0.15) is 11.8 Å². The Morgan fingerprint density at radius 1 is 1.05 bits per heavy atom. The molecule has 2 aromatic rings. The van der Waals surface area contributed by atoms with E-state index in [4.69, 9.17) is 4.42 Å². The summed E-state index contributed by atoms with van der Waals surface area (Å²) in [5.41, 5.74) is 1.23. The van der Waals surface area contributed by atoms with Crippen LogP contribution >= 0.6 is 11.8 Å². The number of hydrogen-bond donors (Lipinski definition) is 2. The minimum Gasteiger partial charge on any atom is -0.468 e. The topological polar surface area (TPSA) is 54.3 Å². The highest BCUT2D eigenvalue weighted by atomic mass is 32.2. The maximum atomic E-state index is 11.6. The van der Waals surface area contributed by atoms with Crippen LogP contribution in [0.1, 0.15) is 11.3 Å². The van der Waals surface area contributed by atoms with Gasteiger partial charge in [0, 0.05) is 18.8 Å². The van der Waals surface area contributed by atoms with E-state index in [1.807, 2.05) is 30.3 Å². The SMILES string of the molecule is O=C(NCCSCc1ccco1)NCCc1ccccc1. The van der Waals surface area contributed by atoms with Crippen LogP contribution in [0.15, 0.2) is 53.1 Å². The molecule has 4 nitrogen and oxygen atoms in total. The van der Waals surface area contributed by atoms with Crippen molar-refractivity contribution in [2.45, 2.75) is 12.2 Å². The first-order valence-electron chi connectivity index (χ1n) is 7.00. The molecule has 2 amide bonds. The average Bonchev–Trinajstić information content (AvgIpc) is 3.01. The van der Waals surface area contributed by atoms with E-state index < -0.39 is 0 Å². The molecule has 2 rings (SSSR count). The highest BCUT2D eigenvalue weighted by molar-refractivity contribution is 7.98. The lowest BCUT2D eigenvalue weighted by Gasteiger charge is -2.07. The summed E-state index contributed by atoms with van der Waals surface area (Å²) in [5, 5.41) is 5.71. The predicted molar refractivity (Wildman–Crippen MR) is 86.4 cm³/mol. The van der Waals surface area contributed by atoms with E-state index in [1.54, 1.807) is 18.0 Å². The Kier molecular flexibility index (Phi) is 6.74. The molecule has 5 heteroatoms. The molecular formula is C16H20N2O2S. The maximum Gasteiger partial charge on any atom is 0.314 e. The fourth-order valence-corrected chi connectivity index (χ4v) is 2.59. The maximum absolute atomic E-state index is 11.6. The largest absolute Gasteiger partial charge is 0.468 e. The number of thioether (sulfide) groups is 1. The van der Waals surface area contributed by atoms with Crippen molar-refractivity contribution in [1.29, 1.82) is 0 Å². The van der Waals surface area contributed by atoms with Crippen molar-refractivity contribution in [2.75, 3.05) is 18.8 Å². The van der Waals surface area contributed by atoms with E-state index in [-0.39, 0.29) is 6.03 Å². The zero-order chi connectivity index (χ0) is 14.8. The number of rotatable bonds is 8. The number of benzene rings is 1. The molecule has 0 unspecified atom stereocenters. The van der Waals surface area contributed by atoms with Crippen LogP contribution in [0.2, 0.25) is 0 Å². The van der Waals surface area contributed by atoms with Crippen LogP contribution in [0.3, 0.4) is 0 Å². The lowest BCUT2D eigenvalue weighted by molar-refractivity contribution is 0.241. The first-order valence-corrected chi connectivity index (χ1v) is 8.16. The van der Waals surface area contributed by atoms with Crippen LogP contribution in [0.5, 0.6) is 0 Å². The van der Waals surface area contributed by atoms with Gasteiger partial charge in [-0.15, -0.1) is 0 Å². The molecular weight excluding hydrogens is 284 g/mol. The monoisotopic (exact) mass is 304 g/mol. The van der Waals surface area contributed by atoms with Gasteiger partial charge in [0.05, 0.1) is 12.0 Å². The number of urea groups is 1. The van der Waals surface area contributed by atoms with Crippen LogP contribution < -0.4 is 10.6 Å². The summed E-state index contributed by atoms with van der Waals surface area (Å²) in [4.78, 5) is 11.6. The summed E-state index contributed by atoms with van der Waals surface area (Å²) in [6.45, 7) is 1.30. The summed E-state index contributed by atoms with van der Waals surface area (Å²) < 4.78 is 5.24. The first-order chi connectivity index (χ1) is 10.3. The van der Waals surface area contributed by atoms with Gasteiger partial charge in [-0.25, -0.2) is 4.79 Å². The third-order valence-corrected chi connectivity index (χ3v) is 3.88. The molecule has 21 heavy (non-hydrogen) atoms. The van der Waals surface area contributed by atoms with E-state index in [0.717, 1.165) is 23.7 Å². The van der Waals surface area contributed by atoms with Gasteiger partial charge < -0.3 is 15.1 Å². The van der Waals surface area contributed by atoms with E-state index in [0.29, 0.717) is 13.1 Å². The van der Waals surface area contributed by atoms with Crippen LogP contribution in [-0.4, -0.2) is 24.9 Å². The summed E-state index contributed by atoms with van der Waals surface area (Å²) in [5.74, 6) is 2.67. The van der Waals surface area contributed by atoms with E-state index >= 15 is 0 Å². The molecule has 1 aromatic heterocycles. The van der Waals surface area contributed by atoms with E-state index in [9.17, 15) is 4.79 Å². The zero-order valence-electron chi connectivity index (χ0n) is 11.9. The van der Waals surface area contributed by atoms with E-state index in [1.165, 1.54) is 5.56 Å². The van der Waals surface area contributed by atoms with Crippen molar-refractivity contribution in [3.63, 3.8) is 0 Å². The third-order valence-electron chi connectivity index (χ3n) is 2.90. The van der Waals surface area contributed by atoms with Gasteiger partial charge in [-0.3, -0.25) is 0 Å². The summed E-state index contributed by atoms with van der Waals surface area (Å²) >= 11 is 1.74.